The lowest BCUT2D eigenvalue weighted by Gasteiger charge is -2.09. The van der Waals surface area contributed by atoms with Crippen molar-refractivity contribution < 1.29 is 17.9 Å². The molecular formula is C20H18N2O4S. The summed E-state index contributed by atoms with van der Waals surface area (Å²) in [5.74, 6) is 1.03. The smallest absolute Gasteiger partial charge is 0.255 e. The fraction of sp³-hybridized carbons (Fsp3) is 0.0500. The normalized spacial score (nSPS) is 10.9. The highest BCUT2D eigenvalue weighted by molar-refractivity contribution is 7.92. The van der Waals surface area contributed by atoms with Gasteiger partial charge in [0, 0.05) is 16.9 Å². The van der Waals surface area contributed by atoms with E-state index in [1.54, 1.807) is 42.5 Å². The SMILES string of the molecule is CS(=O)(=O)Nc1cccc(C(=O)Nc2ccc(Oc3ccccc3)cc2)c1. The van der Waals surface area contributed by atoms with Gasteiger partial charge in [-0.05, 0) is 54.6 Å². The summed E-state index contributed by atoms with van der Waals surface area (Å²) in [5, 5.41) is 2.77. The highest BCUT2D eigenvalue weighted by Crippen LogP contribution is 2.23. The second-order valence-electron chi connectivity index (χ2n) is 5.85. The molecule has 0 aliphatic rings. The summed E-state index contributed by atoms with van der Waals surface area (Å²) in [5.41, 5.74) is 1.27. The number of para-hydroxylation sites is 1. The summed E-state index contributed by atoms with van der Waals surface area (Å²) in [6.07, 6.45) is 1.05. The topological polar surface area (TPSA) is 84.5 Å². The number of carbonyl (C=O) groups excluding carboxylic acids is 1. The molecule has 0 fully saturated rings. The molecule has 0 aromatic heterocycles. The molecular weight excluding hydrogens is 364 g/mol. The van der Waals surface area contributed by atoms with E-state index in [0.29, 0.717) is 22.7 Å². The Hall–Kier alpha value is -3.32. The minimum Gasteiger partial charge on any atom is -0.457 e. The predicted molar refractivity (Wildman–Crippen MR) is 106 cm³/mol. The van der Waals surface area contributed by atoms with Gasteiger partial charge in [0.1, 0.15) is 11.5 Å². The summed E-state index contributed by atoms with van der Waals surface area (Å²) in [6, 6.07) is 22.6. The Morgan fingerprint density at radius 2 is 1.48 bits per heavy atom. The Bertz CT molecular complexity index is 1030. The van der Waals surface area contributed by atoms with Crippen LogP contribution in [0.15, 0.2) is 78.9 Å². The first-order valence-electron chi connectivity index (χ1n) is 8.11. The molecule has 0 spiro atoms. The molecule has 0 bridgehead atoms. The zero-order valence-corrected chi connectivity index (χ0v) is 15.4. The van der Waals surface area contributed by atoms with Crippen molar-refractivity contribution in [1.29, 1.82) is 0 Å². The average molecular weight is 382 g/mol. The molecule has 6 nitrogen and oxygen atoms in total. The lowest BCUT2D eigenvalue weighted by Crippen LogP contribution is -2.13. The van der Waals surface area contributed by atoms with E-state index >= 15 is 0 Å². The summed E-state index contributed by atoms with van der Waals surface area (Å²) in [6.45, 7) is 0. The van der Waals surface area contributed by atoms with Gasteiger partial charge in [-0.15, -0.1) is 0 Å². The number of amides is 1. The quantitative estimate of drug-likeness (QED) is 0.672. The first-order valence-corrected chi connectivity index (χ1v) is 10.0. The number of nitrogens with one attached hydrogen (secondary N) is 2. The fourth-order valence-corrected chi connectivity index (χ4v) is 2.93. The summed E-state index contributed by atoms with van der Waals surface area (Å²) in [7, 11) is -3.40. The molecule has 0 aliphatic carbocycles. The molecule has 1 amide bonds. The van der Waals surface area contributed by atoms with Crippen LogP contribution in [0.5, 0.6) is 11.5 Å². The average Bonchev–Trinajstić information content (AvgIpc) is 2.63. The van der Waals surface area contributed by atoms with Gasteiger partial charge < -0.3 is 10.1 Å². The first kappa shape index (κ1) is 18.5. The molecule has 0 unspecified atom stereocenters. The number of sulfonamides is 1. The third-order valence-corrected chi connectivity index (χ3v) is 4.13. The second-order valence-corrected chi connectivity index (χ2v) is 7.60. The minimum absolute atomic E-state index is 0.330. The van der Waals surface area contributed by atoms with Crippen LogP contribution >= 0.6 is 0 Å². The van der Waals surface area contributed by atoms with Gasteiger partial charge >= 0.3 is 0 Å². The summed E-state index contributed by atoms with van der Waals surface area (Å²) in [4.78, 5) is 12.4. The standard InChI is InChI=1S/C20H18N2O4S/c1-27(24,25)22-17-7-5-6-15(14-17)20(23)21-16-10-12-19(13-11-16)26-18-8-3-2-4-9-18/h2-14,22H,1H3,(H,21,23). The molecule has 3 aromatic rings. The van der Waals surface area contributed by atoms with Gasteiger partial charge in [0.15, 0.2) is 0 Å². The molecule has 3 aromatic carbocycles. The second kappa shape index (κ2) is 7.92. The van der Waals surface area contributed by atoms with Gasteiger partial charge in [-0.3, -0.25) is 9.52 Å². The largest absolute Gasteiger partial charge is 0.457 e. The van der Waals surface area contributed by atoms with Crippen LogP contribution in [-0.4, -0.2) is 20.6 Å². The third kappa shape index (κ3) is 5.58. The van der Waals surface area contributed by atoms with E-state index in [1.807, 2.05) is 30.3 Å². The van der Waals surface area contributed by atoms with Crippen LogP contribution in [0.3, 0.4) is 0 Å². The maximum absolute atomic E-state index is 12.4. The summed E-state index contributed by atoms with van der Waals surface area (Å²) < 4.78 is 30.7. The van der Waals surface area contributed by atoms with Gasteiger partial charge in [-0.25, -0.2) is 8.42 Å². The molecule has 138 valence electrons. The Morgan fingerprint density at radius 3 is 2.15 bits per heavy atom. The Balaban J connectivity index is 1.66. The number of rotatable bonds is 6. The van der Waals surface area contributed by atoms with Gasteiger partial charge in [0.2, 0.25) is 10.0 Å². The first-order chi connectivity index (χ1) is 12.9. The zero-order chi connectivity index (χ0) is 19.3. The molecule has 0 heterocycles. The predicted octanol–water partition coefficient (Wildman–Crippen LogP) is 4.10. The van der Waals surface area contributed by atoms with E-state index in [0.717, 1.165) is 12.0 Å². The van der Waals surface area contributed by atoms with Gasteiger partial charge in [-0.1, -0.05) is 24.3 Å². The van der Waals surface area contributed by atoms with E-state index in [2.05, 4.69) is 10.0 Å². The van der Waals surface area contributed by atoms with Crippen LogP contribution in [0.2, 0.25) is 0 Å². The lowest BCUT2D eigenvalue weighted by molar-refractivity contribution is 0.102. The van der Waals surface area contributed by atoms with Crippen LogP contribution in [0.4, 0.5) is 11.4 Å². The van der Waals surface area contributed by atoms with Crippen molar-refractivity contribution in [3.63, 3.8) is 0 Å². The van der Waals surface area contributed by atoms with Gasteiger partial charge in [-0.2, -0.15) is 0 Å². The molecule has 3 rings (SSSR count). The van der Waals surface area contributed by atoms with E-state index in [4.69, 9.17) is 4.74 Å². The molecule has 2 N–H and O–H groups in total. The van der Waals surface area contributed by atoms with E-state index in [9.17, 15) is 13.2 Å². The zero-order valence-electron chi connectivity index (χ0n) is 14.5. The number of carbonyl (C=O) groups is 1. The fourth-order valence-electron chi connectivity index (χ4n) is 2.37. The lowest BCUT2D eigenvalue weighted by atomic mass is 10.2. The summed E-state index contributed by atoms with van der Waals surface area (Å²) >= 11 is 0. The Kier molecular flexibility index (Phi) is 5.42. The van der Waals surface area contributed by atoms with E-state index in [-0.39, 0.29) is 5.91 Å². The van der Waals surface area contributed by atoms with Crippen molar-refractivity contribution in [2.75, 3.05) is 16.3 Å². The molecule has 0 saturated carbocycles. The minimum atomic E-state index is -3.40. The number of ether oxygens (including phenoxy) is 1. The Labute approximate surface area is 157 Å². The number of hydrogen-bond acceptors (Lipinski definition) is 4. The van der Waals surface area contributed by atoms with Crippen LogP contribution in [0, 0.1) is 0 Å². The van der Waals surface area contributed by atoms with Crippen molar-refractivity contribution in [2.24, 2.45) is 0 Å². The maximum Gasteiger partial charge on any atom is 0.255 e. The van der Waals surface area contributed by atoms with Gasteiger partial charge in [0.05, 0.1) is 6.26 Å². The highest BCUT2D eigenvalue weighted by atomic mass is 32.2. The third-order valence-electron chi connectivity index (χ3n) is 3.52. The van der Waals surface area contributed by atoms with Crippen LogP contribution < -0.4 is 14.8 Å². The van der Waals surface area contributed by atoms with E-state index < -0.39 is 10.0 Å². The Morgan fingerprint density at radius 1 is 0.815 bits per heavy atom. The van der Waals surface area contributed by atoms with Crippen molar-refractivity contribution in [3.05, 3.63) is 84.4 Å². The molecule has 0 atom stereocenters. The number of anilines is 2. The molecule has 0 aliphatic heterocycles. The molecule has 27 heavy (non-hydrogen) atoms. The van der Waals surface area contributed by atoms with Crippen LogP contribution in [0.1, 0.15) is 10.4 Å². The van der Waals surface area contributed by atoms with Crippen LogP contribution in [-0.2, 0) is 10.0 Å². The highest BCUT2D eigenvalue weighted by Gasteiger charge is 2.09. The van der Waals surface area contributed by atoms with Crippen molar-refractivity contribution in [2.45, 2.75) is 0 Å². The number of hydrogen-bond donors (Lipinski definition) is 2. The monoisotopic (exact) mass is 382 g/mol. The van der Waals surface area contributed by atoms with E-state index in [1.165, 1.54) is 6.07 Å². The van der Waals surface area contributed by atoms with Gasteiger partial charge in [0.25, 0.3) is 5.91 Å². The molecule has 0 saturated heterocycles. The maximum atomic E-state index is 12.4. The molecule has 0 radical (unpaired) electrons. The number of benzene rings is 3. The van der Waals surface area contributed by atoms with Crippen LogP contribution in [0.25, 0.3) is 0 Å². The van der Waals surface area contributed by atoms with Crippen molar-refractivity contribution in [1.82, 2.24) is 0 Å². The van der Waals surface area contributed by atoms with Crippen molar-refractivity contribution >= 4 is 27.3 Å². The molecule has 7 heteroatoms. The van der Waals surface area contributed by atoms with Crippen molar-refractivity contribution in [3.8, 4) is 11.5 Å².